The molecule has 1 atom stereocenters. The Morgan fingerprint density at radius 2 is 1.83 bits per heavy atom. The molecule has 2 amide bonds. The van der Waals surface area contributed by atoms with Crippen molar-refractivity contribution in [2.45, 2.75) is 12.3 Å². The van der Waals surface area contributed by atoms with Crippen LogP contribution in [0, 0.1) is 11.6 Å². The number of alkyl halides is 3. The average Bonchev–Trinajstić information content (AvgIpc) is 3.15. The van der Waals surface area contributed by atoms with Gasteiger partial charge in [0.15, 0.2) is 22.3 Å². The van der Waals surface area contributed by atoms with Crippen LogP contribution in [0.15, 0.2) is 45.5 Å². The monoisotopic (exact) mass is 563 g/mol. The Labute approximate surface area is 202 Å². The lowest BCUT2D eigenvalue weighted by Gasteiger charge is -2.21. The molecule has 0 fully saturated rings. The highest BCUT2D eigenvalue weighted by molar-refractivity contribution is 9.10. The first-order valence-corrected chi connectivity index (χ1v) is 10.3. The van der Waals surface area contributed by atoms with Gasteiger partial charge in [0.2, 0.25) is 5.89 Å². The molecule has 186 valence electrons. The van der Waals surface area contributed by atoms with Crippen molar-refractivity contribution in [3.63, 3.8) is 0 Å². The largest absolute Gasteiger partial charge is 0.476 e. The number of benzene rings is 2. The third kappa shape index (κ3) is 5.70. The normalized spacial score (nSPS) is 12.3. The van der Waals surface area contributed by atoms with Crippen molar-refractivity contribution in [1.82, 2.24) is 9.88 Å². The summed E-state index contributed by atoms with van der Waals surface area (Å²) in [6, 6.07) is 5.55. The molecule has 0 aliphatic heterocycles. The summed E-state index contributed by atoms with van der Waals surface area (Å²) < 4.78 is 78.0. The number of carboxylic acid groups (broad SMARTS) is 1. The summed E-state index contributed by atoms with van der Waals surface area (Å²) in [5, 5.41) is 9.21. The first-order chi connectivity index (χ1) is 16.3. The van der Waals surface area contributed by atoms with Crippen molar-refractivity contribution in [2.75, 3.05) is 13.6 Å². The average molecular weight is 564 g/mol. The van der Waals surface area contributed by atoms with E-state index in [-0.39, 0.29) is 21.8 Å². The Bertz CT molecular complexity index is 1260. The van der Waals surface area contributed by atoms with Crippen molar-refractivity contribution in [3.8, 4) is 17.0 Å². The first kappa shape index (κ1) is 25.9. The van der Waals surface area contributed by atoms with Crippen molar-refractivity contribution >= 4 is 27.9 Å². The van der Waals surface area contributed by atoms with Crippen LogP contribution in [0.3, 0.4) is 0 Å². The van der Waals surface area contributed by atoms with E-state index in [1.807, 2.05) is 0 Å². The fourth-order valence-electron chi connectivity index (χ4n) is 2.95. The van der Waals surface area contributed by atoms with Crippen LogP contribution in [0.5, 0.6) is 5.75 Å². The molecule has 0 spiro atoms. The van der Waals surface area contributed by atoms with E-state index in [9.17, 15) is 36.6 Å². The first-order valence-electron chi connectivity index (χ1n) is 9.52. The van der Waals surface area contributed by atoms with Crippen molar-refractivity contribution < 1.29 is 45.8 Å². The van der Waals surface area contributed by atoms with Crippen LogP contribution in [-0.2, 0) is 6.18 Å². The van der Waals surface area contributed by atoms with Gasteiger partial charge in [-0.3, -0.25) is 4.79 Å². The quantitative estimate of drug-likeness (QED) is 0.380. The van der Waals surface area contributed by atoms with Gasteiger partial charge in [-0.05, 0) is 40.2 Å². The minimum absolute atomic E-state index is 0.0313. The maximum absolute atomic E-state index is 14.7. The Balaban J connectivity index is 2.01. The van der Waals surface area contributed by atoms with Gasteiger partial charge in [0, 0.05) is 12.6 Å². The zero-order chi connectivity index (χ0) is 26.1. The summed E-state index contributed by atoms with van der Waals surface area (Å²) in [5.74, 6) is -4.98. The molecule has 8 nitrogen and oxygen atoms in total. The van der Waals surface area contributed by atoms with Gasteiger partial charge in [0.1, 0.15) is 17.1 Å². The molecule has 0 aliphatic rings. The van der Waals surface area contributed by atoms with Gasteiger partial charge >= 0.3 is 12.3 Å². The van der Waals surface area contributed by atoms with Gasteiger partial charge in [-0.1, -0.05) is 12.1 Å². The third-order valence-corrected chi connectivity index (χ3v) is 5.24. The molecule has 0 radical (unpaired) electrons. The van der Waals surface area contributed by atoms with Gasteiger partial charge in [-0.15, -0.1) is 0 Å². The molecule has 1 aromatic heterocycles. The SMILES string of the molecule is CN(CC(Oc1ccc(F)c(C(N)=O)c1F)c1nc(-c2ccc(C(F)(F)F)cc2)c(Br)o1)C(=O)O. The highest BCUT2D eigenvalue weighted by Crippen LogP contribution is 2.36. The summed E-state index contributed by atoms with van der Waals surface area (Å²) in [6.07, 6.45) is -7.35. The molecule has 0 bridgehead atoms. The number of primary amides is 1. The van der Waals surface area contributed by atoms with Gasteiger partial charge in [0.05, 0.1) is 12.1 Å². The Hall–Kier alpha value is -3.68. The predicted octanol–water partition coefficient (Wildman–Crippen LogP) is 5.23. The van der Waals surface area contributed by atoms with E-state index in [1.165, 1.54) is 7.05 Å². The molecule has 1 heterocycles. The molecule has 3 rings (SSSR count). The predicted molar refractivity (Wildman–Crippen MR) is 114 cm³/mol. The lowest BCUT2D eigenvalue weighted by molar-refractivity contribution is -0.137. The molecule has 35 heavy (non-hydrogen) atoms. The van der Waals surface area contributed by atoms with E-state index >= 15 is 0 Å². The number of carbonyl (C=O) groups excluding carboxylic acids is 1. The van der Waals surface area contributed by atoms with Gasteiger partial charge < -0.3 is 24.9 Å². The van der Waals surface area contributed by atoms with E-state index in [0.717, 1.165) is 41.3 Å². The summed E-state index contributed by atoms with van der Waals surface area (Å²) >= 11 is 3.09. The van der Waals surface area contributed by atoms with Crippen LogP contribution >= 0.6 is 15.9 Å². The number of amides is 2. The minimum Gasteiger partial charge on any atom is -0.476 e. The molecular formula is C21H15BrF5N3O5. The fraction of sp³-hybridized carbons (Fsp3) is 0.190. The van der Waals surface area contributed by atoms with Crippen LogP contribution in [-0.4, -0.2) is 40.6 Å². The molecule has 3 aromatic rings. The highest BCUT2D eigenvalue weighted by Gasteiger charge is 2.31. The van der Waals surface area contributed by atoms with Crippen molar-refractivity contribution in [3.05, 3.63) is 69.7 Å². The lowest BCUT2D eigenvalue weighted by Crippen LogP contribution is -2.32. The topological polar surface area (TPSA) is 119 Å². The Morgan fingerprint density at radius 1 is 1.20 bits per heavy atom. The second-order valence-electron chi connectivity index (χ2n) is 7.12. The molecule has 14 heteroatoms. The van der Waals surface area contributed by atoms with Crippen LogP contribution < -0.4 is 10.5 Å². The Kier molecular flexibility index (Phi) is 7.33. The van der Waals surface area contributed by atoms with Gasteiger partial charge in [0.25, 0.3) is 5.91 Å². The molecule has 0 saturated heterocycles. The number of nitrogens with two attached hydrogens (primary N) is 1. The van der Waals surface area contributed by atoms with Crippen LogP contribution in [0.2, 0.25) is 0 Å². The zero-order valence-electron chi connectivity index (χ0n) is 17.6. The number of rotatable bonds is 7. The zero-order valence-corrected chi connectivity index (χ0v) is 19.2. The molecule has 0 saturated carbocycles. The van der Waals surface area contributed by atoms with E-state index < -0.39 is 59.3 Å². The van der Waals surface area contributed by atoms with Crippen LogP contribution in [0.25, 0.3) is 11.3 Å². The fourth-order valence-corrected chi connectivity index (χ4v) is 3.43. The molecule has 3 N–H and O–H groups in total. The maximum atomic E-state index is 14.7. The van der Waals surface area contributed by atoms with Crippen LogP contribution in [0.4, 0.5) is 26.7 Å². The Morgan fingerprint density at radius 3 is 2.37 bits per heavy atom. The molecule has 0 aliphatic carbocycles. The second-order valence-corrected chi connectivity index (χ2v) is 7.84. The number of oxazole rings is 1. The summed E-state index contributed by atoms with van der Waals surface area (Å²) in [7, 11) is 1.17. The standard InChI is InChI=1S/C21H15BrF5N3O5/c1-30(20(32)33)8-13(34-12-7-6-11(23)14(15(12)24)18(28)31)19-29-16(17(22)35-19)9-2-4-10(5-3-9)21(25,26)27/h2-7,13H,8H2,1H3,(H2,28,31)(H,32,33). The summed E-state index contributed by atoms with van der Waals surface area (Å²) in [4.78, 5) is 27.6. The van der Waals surface area contributed by atoms with Gasteiger partial charge in [-0.25, -0.2) is 18.6 Å². The summed E-state index contributed by atoms with van der Waals surface area (Å²) in [5.41, 5.74) is 3.32. The number of nitrogens with zero attached hydrogens (tertiary/aromatic N) is 2. The lowest BCUT2D eigenvalue weighted by atomic mass is 10.1. The second kappa shape index (κ2) is 9.90. The van der Waals surface area contributed by atoms with E-state index in [4.69, 9.17) is 14.9 Å². The number of aromatic nitrogens is 1. The molecule has 1 unspecified atom stereocenters. The summed E-state index contributed by atoms with van der Waals surface area (Å²) in [6.45, 7) is -0.461. The van der Waals surface area contributed by atoms with Crippen LogP contribution in [0.1, 0.15) is 27.9 Å². The van der Waals surface area contributed by atoms with E-state index in [0.29, 0.717) is 0 Å². The number of hydrogen-bond acceptors (Lipinski definition) is 5. The smallest absolute Gasteiger partial charge is 0.416 e. The highest BCUT2D eigenvalue weighted by atomic mass is 79.9. The minimum atomic E-state index is -4.55. The van der Waals surface area contributed by atoms with Gasteiger partial charge in [-0.2, -0.15) is 13.2 Å². The molecular weight excluding hydrogens is 549 g/mol. The maximum Gasteiger partial charge on any atom is 0.416 e. The van der Waals surface area contributed by atoms with E-state index in [2.05, 4.69) is 20.9 Å². The number of halogens is 6. The number of likely N-dealkylation sites (N-methyl/N-ethyl adjacent to an activating group) is 1. The molecule has 2 aromatic carbocycles. The van der Waals surface area contributed by atoms with Crippen molar-refractivity contribution in [2.24, 2.45) is 5.73 Å². The third-order valence-electron chi connectivity index (χ3n) is 4.70. The number of hydrogen-bond donors (Lipinski definition) is 2. The number of carbonyl (C=O) groups is 2. The van der Waals surface area contributed by atoms with Crippen molar-refractivity contribution in [1.29, 1.82) is 0 Å². The number of ether oxygens (including phenoxy) is 1. The van der Waals surface area contributed by atoms with E-state index in [1.54, 1.807) is 0 Å².